The van der Waals surface area contributed by atoms with Crippen LogP contribution >= 0.6 is 11.6 Å². The lowest BCUT2D eigenvalue weighted by atomic mass is 9.95. The van der Waals surface area contributed by atoms with Gasteiger partial charge in [0, 0.05) is 5.02 Å². The van der Waals surface area contributed by atoms with Crippen molar-refractivity contribution in [2.24, 2.45) is 0 Å². The van der Waals surface area contributed by atoms with Crippen LogP contribution in [-0.2, 0) is 4.79 Å². The molecule has 1 N–H and O–H groups in total. The third-order valence-corrected chi connectivity index (χ3v) is 5.61. The zero-order valence-corrected chi connectivity index (χ0v) is 18.0. The molecule has 0 heterocycles. The van der Waals surface area contributed by atoms with E-state index in [0.29, 0.717) is 5.75 Å². The van der Waals surface area contributed by atoms with Gasteiger partial charge in [-0.05, 0) is 67.6 Å². The second kappa shape index (κ2) is 9.15. The fourth-order valence-electron chi connectivity index (χ4n) is 3.39. The molecule has 0 aliphatic carbocycles. The Hall–Kier alpha value is -2.78. The highest BCUT2D eigenvalue weighted by molar-refractivity contribution is 6.32. The second-order valence-electron chi connectivity index (χ2n) is 7.34. The zero-order chi connectivity index (χ0) is 21.0. The molecule has 0 saturated heterocycles. The van der Waals surface area contributed by atoms with Crippen molar-refractivity contribution in [3.63, 3.8) is 0 Å². The Morgan fingerprint density at radius 2 is 1.48 bits per heavy atom. The number of benzene rings is 3. The molecule has 0 radical (unpaired) electrons. The maximum atomic E-state index is 13.0. The van der Waals surface area contributed by atoms with Gasteiger partial charge in [0.2, 0.25) is 0 Å². The van der Waals surface area contributed by atoms with Crippen molar-refractivity contribution in [2.75, 3.05) is 0 Å². The maximum Gasteiger partial charge on any atom is 0.261 e. The number of halogens is 1. The third-order valence-electron chi connectivity index (χ3n) is 5.01. The van der Waals surface area contributed by atoms with Crippen molar-refractivity contribution in [2.45, 2.75) is 39.8 Å². The summed E-state index contributed by atoms with van der Waals surface area (Å²) in [5, 5.41) is 3.88. The topological polar surface area (TPSA) is 38.3 Å². The maximum absolute atomic E-state index is 13.0. The van der Waals surface area contributed by atoms with Crippen molar-refractivity contribution in [3.05, 3.63) is 99.6 Å². The highest BCUT2D eigenvalue weighted by Gasteiger charge is 2.23. The van der Waals surface area contributed by atoms with Crippen molar-refractivity contribution >= 4 is 17.5 Å². The van der Waals surface area contributed by atoms with Gasteiger partial charge in [-0.1, -0.05) is 66.2 Å². The Labute approximate surface area is 177 Å². The summed E-state index contributed by atoms with van der Waals surface area (Å²) in [6.07, 6.45) is -0.648. The van der Waals surface area contributed by atoms with Crippen LogP contribution in [0.1, 0.15) is 40.8 Å². The molecule has 0 spiro atoms. The highest BCUT2D eigenvalue weighted by atomic mass is 35.5. The lowest BCUT2D eigenvalue weighted by molar-refractivity contribution is -0.127. The Morgan fingerprint density at radius 3 is 2.10 bits per heavy atom. The molecule has 0 aliphatic heterocycles. The molecular formula is C25H26ClNO2. The van der Waals surface area contributed by atoms with E-state index in [9.17, 15) is 4.79 Å². The van der Waals surface area contributed by atoms with Gasteiger partial charge in [0.1, 0.15) is 5.75 Å². The first-order chi connectivity index (χ1) is 13.9. The standard InChI is InChI=1S/C25H26ClNO2/c1-16-10-8-9-13-22(16)24(20-11-6-5-7-12-20)27-25(28)19(4)29-21-14-17(2)23(26)18(3)15-21/h5-15,19,24H,1-4H3,(H,27,28)/t19-,24-/m0/s1. The number of rotatable bonds is 6. The van der Waals surface area contributed by atoms with Gasteiger partial charge in [0.05, 0.1) is 6.04 Å². The van der Waals surface area contributed by atoms with Crippen LogP contribution in [0, 0.1) is 20.8 Å². The number of carbonyl (C=O) groups is 1. The van der Waals surface area contributed by atoms with Gasteiger partial charge in [-0.15, -0.1) is 0 Å². The SMILES string of the molecule is Cc1ccccc1[C@@H](NC(=O)[C@H](C)Oc1cc(C)c(Cl)c(C)c1)c1ccccc1. The lowest BCUT2D eigenvalue weighted by Crippen LogP contribution is -2.39. The van der Waals surface area contributed by atoms with Gasteiger partial charge >= 0.3 is 0 Å². The molecule has 3 nitrogen and oxygen atoms in total. The van der Waals surface area contributed by atoms with Gasteiger partial charge in [0.15, 0.2) is 6.10 Å². The number of aryl methyl sites for hydroxylation is 3. The van der Waals surface area contributed by atoms with E-state index in [1.807, 2.05) is 74.5 Å². The molecule has 0 aromatic heterocycles. The minimum absolute atomic E-state index is 0.174. The van der Waals surface area contributed by atoms with Crippen LogP contribution in [0.2, 0.25) is 5.02 Å². The second-order valence-corrected chi connectivity index (χ2v) is 7.72. The lowest BCUT2D eigenvalue weighted by Gasteiger charge is -2.24. The van der Waals surface area contributed by atoms with E-state index in [-0.39, 0.29) is 11.9 Å². The summed E-state index contributed by atoms with van der Waals surface area (Å²) < 4.78 is 5.92. The monoisotopic (exact) mass is 407 g/mol. The van der Waals surface area contributed by atoms with Crippen molar-refractivity contribution < 1.29 is 9.53 Å². The first-order valence-electron chi connectivity index (χ1n) is 9.71. The highest BCUT2D eigenvalue weighted by Crippen LogP contribution is 2.27. The fourth-order valence-corrected chi connectivity index (χ4v) is 3.50. The average Bonchev–Trinajstić information content (AvgIpc) is 2.71. The number of hydrogen-bond donors (Lipinski definition) is 1. The molecule has 1 amide bonds. The molecule has 3 rings (SSSR count). The van der Waals surface area contributed by atoms with Gasteiger partial charge < -0.3 is 10.1 Å². The molecule has 3 aromatic carbocycles. The van der Waals surface area contributed by atoms with Gasteiger partial charge in [-0.3, -0.25) is 4.79 Å². The minimum atomic E-state index is -0.648. The molecule has 29 heavy (non-hydrogen) atoms. The molecule has 2 atom stereocenters. The first-order valence-corrected chi connectivity index (χ1v) is 10.1. The van der Waals surface area contributed by atoms with E-state index in [1.54, 1.807) is 6.92 Å². The van der Waals surface area contributed by atoms with Gasteiger partial charge in [-0.2, -0.15) is 0 Å². The van der Waals surface area contributed by atoms with Crippen molar-refractivity contribution in [3.8, 4) is 5.75 Å². The fraction of sp³-hybridized carbons (Fsp3) is 0.240. The van der Waals surface area contributed by atoms with Crippen LogP contribution in [0.5, 0.6) is 5.75 Å². The third kappa shape index (κ3) is 4.99. The van der Waals surface area contributed by atoms with Crippen LogP contribution in [0.15, 0.2) is 66.7 Å². The normalized spacial score (nSPS) is 12.9. The van der Waals surface area contributed by atoms with E-state index in [4.69, 9.17) is 16.3 Å². The first kappa shape index (κ1) is 20.9. The van der Waals surface area contributed by atoms with E-state index in [2.05, 4.69) is 18.3 Å². The summed E-state index contributed by atoms with van der Waals surface area (Å²) in [4.78, 5) is 13.0. The Morgan fingerprint density at radius 1 is 0.897 bits per heavy atom. The molecule has 4 heteroatoms. The quantitative estimate of drug-likeness (QED) is 0.549. The van der Waals surface area contributed by atoms with Crippen molar-refractivity contribution in [1.82, 2.24) is 5.32 Å². The molecular weight excluding hydrogens is 382 g/mol. The summed E-state index contributed by atoms with van der Waals surface area (Å²) in [5.74, 6) is 0.464. The summed E-state index contributed by atoms with van der Waals surface area (Å²) >= 11 is 6.23. The predicted molar refractivity (Wildman–Crippen MR) is 119 cm³/mol. The van der Waals surface area contributed by atoms with Crippen LogP contribution in [0.25, 0.3) is 0 Å². The summed E-state index contributed by atoms with van der Waals surface area (Å²) in [7, 11) is 0. The Kier molecular flexibility index (Phi) is 6.60. The van der Waals surface area contributed by atoms with Crippen LogP contribution in [0.4, 0.5) is 0 Å². The van der Waals surface area contributed by atoms with Crippen LogP contribution < -0.4 is 10.1 Å². The average molecular weight is 408 g/mol. The van der Waals surface area contributed by atoms with Gasteiger partial charge in [-0.25, -0.2) is 0 Å². The van der Waals surface area contributed by atoms with E-state index in [0.717, 1.165) is 32.8 Å². The largest absolute Gasteiger partial charge is 0.481 e. The molecule has 0 fully saturated rings. The van der Waals surface area contributed by atoms with Crippen molar-refractivity contribution in [1.29, 1.82) is 0 Å². The number of amides is 1. The number of carbonyl (C=O) groups excluding carboxylic acids is 1. The van der Waals surface area contributed by atoms with E-state index < -0.39 is 6.10 Å². The molecule has 0 unspecified atom stereocenters. The minimum Gasteiger partial charge on any atom is -0.481 e. The molecule has 150 valence electrons. The number of ether oxygens (including phenoxy) is 1. The predicted octanol–water partition coefficient (Wildman–Crippen LogP) is 5.94. The Balaban J connectivity index is 1.82. The molecule has 0 saturated carbocycles. The molecule has 3 aromatic rings. The summed E-state index contributed by atoms with van der Waals surface area (Å²) in [5.41, 5.74) is 5.07. The molecule has 0 aliphatic rings. The van der Waals surface area contributed by atoms with Gasteiger partial charge in [0.25, 0.3) is 5.91 Å². The zero-order valence-electron chi connectivity index (χ0n) is 17.2. The van der Waals surface area contributed by atoms with Crippen LogP contribution in [0.3, 0.4) is 0 Å². The summed E-state index contributed by atoms with van der Waals surface area (Å²) in [6, 6.07) is 21.5. The number of nitrogens with one attached hydrogen (secondary N) is 1. The van der Waals surface area contributed by atoms with Crippen LogP contribution in [-0.4, -0.2) is 12.0 Å². The summed E-state index contributed by atoms with van der Waals surface area (Å²) in [6.45, 7) is 7.66. The van der Waals surface area contributed by atoms with E-state index in [1.165, 1.54) is 0 Å². The smallest absolute Gasteiger partial charge is 0.261 e. The number of hydrogen-bond acceptors (Lipinski definition) is 2. The molecule has 0 bridgehead atoms. The Bertz CT molecular complexity index is 978. The van der Waals surface area contributed by atoms with E-state index >= 15 is 0 Å².